The van der Waals surface area contributed by atoms with Crippen molar-refractivity contribution in [2.24, 2.45) is 0 Å². The maximum atomic E-state index is 13.4. The summed E-state index contributed by atoms with van der Waals surface area (Å²) in [6, 6.07) is 20.6. The van der Waals surface area contributed by atoms with Crippen molar-refractivity contribution >= 4 is 35.0 Å². The molecule has 3 aromatic carbocycles. The molecule has 3 aromatic rings. The second-order valence-electron chi connectivity index (χ2n) is 7.85. The number of amides is 2. The molecule has 0 unspecified atom stereocenters. The number of carbonyl (C=O) groups is 2. The first-order valence-electron chi connectivity index (χ1n) is 11.3. The summed E-state index contributed by atoms with van der Waals surface area (Å²) in [4.78, 5) is 28.9. The molecule has 0 saturated heterocycles. The number of fused-ring (bicyclic) bond motifs is 1. The Kier molecular flexibility index (Phi) is 7.82. The number of para-hydroxylation sites is 3. The van der Waals surface area contributed by atoms with Crippen LogP contribution < -0.4 is 24.4 Å². The van der Waals surface area contributed by atoms with Crippen LogP contribution in [0.3, 0.4) is 0 Å². The first-order chi connectivity index (χ1) is 17.0. The maximum absolute atomic E-state index is 13.4. The zero-order chi connectivity index (χ0) is 24.8. The van der Waals surface area contributed by atoms with Crippen molar-refractivity contribution in [1.82, 2.24) is 0 Å². The molecule has 1 N–H and O–H groups in total. The van der Waals surface area contributed by atoms with Gasteiger partial charge in [0.05, 0.1) is 32.2 Å². The van der Waals surface area contributed by atoms with Crippen molar-refractivity contribution < 1.29 is 23.8 Å². The standard InChI is InChI=1S/C27H28N2O5S/c1-4-34-21-11-7-5-9-19(21)28-26(30)17-29-20-10-6-8-12-24(20)35-25(16-27(29)31)18-13-14-22(32-2)23(15-18)33-3/h5-15,25H,4,16-17H2,1-3H3,(H,28,30)/t25-/m0/s1. The fourth-order valence-electron chi connectivity index (χ4n) is 3.97. The maximum Gasteiger partial charge on any atom is 0.244 e. The lowest BCUT2D eigenvalue weighted by atomic mass is 10.1. The second-order valence-corrected chi connectivity index (χ2v) is 9.09. The smallest absolute Gasteiger partial charge is 0.244 e. The van der Waals surface area contributed by atoms with Crippen LogP contribution >= 0.6 is 11.8 Å². The lowest BCUT2D eigenvalue weighted by Gasteiger charge is -2.22. The van der Waals surface area contributed by atoms with Crippen LogP contribution in [-0.2, 0) is 9.59 Å². The largest absolute Gasteiger partial charge is 0.493 e. The first-order valence-corrected chi connectivity index (χ1v) is 12.2. The Labute approximate surface area is 209 Å². The topological polar surface area (TPSA) is 77.1 Å². The number of methoxy groups -OCH3 is 2. The lowest BCUT2D eigenvalue weighted by molar-refractivity contribution is -0.121. The highest BCUT2D eigenvalue weighted by atomic mass is 32.2. The van der Waals surface area contributed by atoms with E-state index >= 15 is 0 Å². The molecule has 2 amide bonds. The van der Waals surface area contributed by atoms with Crippen molar-refractivity contribution in [3.8, 4) is 17.2 Å². The van der Waals surface area contributed by atoms with E-state index in [1.807, 2.05) is 61.5 Å². The number of benzene rings is 3. The molecule has 0 spiro atoms. The van der Waals surface area contributed by atoms with Crippen molar-refractivity contribution in [2.45, 2.75) is 23.5 Å². The molecule has 0 fully saturated rings. The molecule has 0 bridgehead atoms. The molecule has 35 heavy (non-hydrogen) atoms. The number of rotatable bonds is 8. The van der Waals surface area contributed by atoms with E-state index in [9.17, 15) is 9.59 Å². The van der Waals surface area contributed by atoms with Gasteiger partial charge in [-0.15, -0.1) is 11.8 Å². The van der Waals surface area contributed by atoms with Crippen LogP contribution in [0.2, 0.25) is 0 Å². The third kappa shape index (κ3) is 5.54. The number of nitrogens with zero attached hydrogens (tertiary/aromatic N) is 1. The number of thioether (sulfide) groups is 1. The Bertz CT molecular complexity index is 1220. The van der Waals surface area contributed by atoms with Gasteiger partial charge in [0.25, 0.3) is 0 Å². The van der Waals surface area contributed by atoms with Crippen molar-refractivity contribution in [3.63, 3.8) is 0 Å². The third-order valence-corrected chi connectivity index (χ3v) is 6.95. The van der Waals surface area contributed by atoms with Gasteiger partial charge in [0.15, 0.2) is 11.5 Å². The average molecular weight is 493 g/mol. The van der Waals surface area contributed by atoms with E-state index in [-0.39, 0.29) is 30.0 Å². The summed E-state index contributed by atoms with van der Waals surface area (Å²) < 4.78 is 16.4. The first kappa shape index (κ1) is 24.5. The zero-order valence-corrected chi connectivity index (χ0v) is 20.8. The van der Waals surface area contributed by atoms with E-state index in [2.05, 4.69) is 5.32 Å². The number of anilines is 2. The minimum Gasteiger partial charge on any atom is -0.493 e. The van der Waals surface area contributed by atoms with Crippen molar-refractivity contribution in [2.75, 3.05) is 37.6 Å². The molecule has 1 aliphatic heterocycles. The van der Waals surface area contributed by atoms with Gasteiger partial charge in [-0.3, -0.25) is 9.59 Å². The number of hydrogen-bond acceptors (Lipinski definition) is 6. The summed E-state index contributed by atoms with van der Waals surface area (Å²) in [5.74, 6) is 1.41. The Morgan fingerprint density at radius 3 is 2.51 bits per heavy atom. The average Bonchev–Trinajstić information content (AvgIpc) is 3.01. The third-order valence-electron chi connectivity index (χ3n) is 5.63. The molecular formula is C27H28N2O5S. The summed E-state index contributed by atoms with van der Waals surface area (Å²) >= 11 is 1.60. The van der Waals surface area contributed by atoms with Gasteiger partial charge in [0.1, 0.15) is 12.3 Å². The predicted octanol–water partition coefficient (Wildman–Crippen LogP) is 5.31. The van der Waals surface area contributed by atoms with Crippen molar-refractivity contribution in [1.29, 1.82) is 0 Å². The molecule has 0 saturated carbocycles. The van der Waals surface area contributed by atoms with Gasteiger partial charge in [-0.1, -0.05) is 30.3 Å². The van der Waals surface area contributed by atoms with Crippen molar-refractivity contribution in [3.05, 3.63) is 72.3 Å². The Morgan fingerprint density at radius 1 is 1.00 bits per heavy atom. The molecule has 8 heteroatoms. The Morgan fingerprint density at radius 2 is 1.74 bits per heavy atom. The van der Waals surface area contributed by atoms with Gasteiger partial charge >= 0.3 is 0 Å². The molecule has 7 nitrogen and oxygen atoms in total. The van der Waals surface area contributed by atoms with E-state index < -0.39 is 0 Å². The number of carbonyl (C=O) groups excluding carboxylic acids is 2. The summed E-state index contributed by atoms with van der Waals surface area (Å²) in [6.45, 7) is 2.27. The summed E-state index contributed by atoms with van der Waals surface area (Å²) in [5.41, 5.74) is 2.25. The summed E-state index contributed by atoms with van der Waals surface area (Å²) in [5, 5.41) is 2.75. The number of hydrogen-bond donors (Lipinski definition) is 1. The highest BCUT2D eigenvalue weighted by Gasteiger charge is 2.31. The van der Waals surface area contributed by atoms with Crippen LogP contribution in [0.4, 0.5) is 11.4 Å². The van der Waals surface area contributed by atoms with Crippen LogP contribution in [0, 0.1) is 0 Å². The number of ether oxygens (including phenoxy) is 3. The van der Waals surface area contributed by atoms with Gasteiger partial charge in [-0.05, 0) is 48.9 Å². The Balaban J connectivity index is 1.59. The van der Waals surface area contributed by atoms with E-state index in [0.29, 0.717) is 29.5 Å². The molecule has 0 aliphatic carbocycles. The SMILES string of the molecule is CCOc1ccccc1NC(=O)CN1C(=O)C[C@@H](c2ccc(OC)c(OC)c2)Sc2ccccc21. The normalized spacial score (nSPS) is 15.1. The molecule has 0 aromatic heterocycles. The molecule has 0 radical (unpaired) electrons. The molecule has 4 rings (SSSR count). The monoisotopic (exact) mass is 492 g/mol. The summed E-state index contributed by atoms with van der Waals surface area (Å²) in [7, 11) is 3.18. The van der Waals surface area contributed by atoms with Gasteiger partial charge in [0.2, 0.25) is 11.8 Å². The predicted molar refractivity (Wildman–Crippen MR) is 138 cm³/mol. The van der Waals surface area contributed by atoms with Crippen LogP contribution in [0.5, 0.6) is 17.2 Å². The van der Waals surface area contributed by atoms with E-state index in [1.165, 1.54) is 0 Å². The van der Waals surface area contributed by atoms with Crippen LogP contribution in [0.25, 0.3) is 0 Å². The van der Waals surface area contributed by atoms with E-state index in [0.717, 1.165) is 16.1 Å². The molecular weight excluding hydrogens is 464 g/mol. The van der Waals surface area contributed by atoms with Crippen LogP contribution in [-0.4, -0.2) is 39.2 Å². The van der Waals surface area contributed by atoms with E-state index in [1.54, 1.807) is 43.0 Å². The fourth-order valence-corrected chi connectivity index (χ4v) is 5.25. The van der Waals surface area contributed by atoms with Gasteiger partial charge in [0, 0.05) is 16.6 Å². The second kappa shape index (κ2) is 11.2. The number of nitrogens with one attached hydrogen (secondary N) is 1. The van der Waals surface area contributed by atoms with Crippen LogP contribution in [0.15, 0.2) is 71.6 Å². The van der Waals surface area contributed by atoms with Gasteiger partial charge < -0.3 is 24.4 Å². The van der Waals surface area contributed by atoms with E-state index in [4.69, 9.17) is 14.2 Å². The van der Waals surface area contributed by atoms with Gasteiger partial charge in [-0.2, -0.15) is 0 Å². The highest BCUT2D eigenvalue weighted by Crippen LogP contribution is 2.46. The lowest BCUT2D eigenvalue weighted by Crippen LogP contribution is -2.38. The molecule has 1 heterocycles. The highest BCUT2D eigenvalue weighted by molar-refractivity contribution is 7.99. The molecule has 1 aliphatic rings. The summed E-state index contributed by atoms with van der Waals surface area (Å²) in [6.07, 6.45) is 0.234. The zero-order valence-electron chi connectivity index (χ0n) is 19.9. The van der Waals surface area contributed by atoms with Crippen LogP contribution in [0.1, 0.15) is 24.2 Å². The Hall–Kier alpha value is -3.65. The minimum atomic E-state index is -0.296. The molecule has 1 atom stereocenters. The molecule has 182 valence electrons. The quantitative estimate of drug-likeness (QED) is 0.459. The minimum absolute atomic E-state index is 0.102. The fraction of sp³-hybridized carbons (Fsp3) is 0.259. The van der Waals surface area contributed by atoms with Gasteiger partial charge in [-0.25, -0.2) is 0 Å².